The first kappa shape index (κ1) is 11.5. The van der Waals surface area contributed by atoms with Gasteiger partial charge in [0.1, 0.15) is 5.82 Å². The molecule has 0 aliphatic carbocycles. The Hall–Kier alpha value is -0.540. The number of hydrogen-bond acceptors (Lipinski definition) is 2. The van der Waals surface area contributed by atoms with Gasteiger partial charge < -0.3 is 9.88 Å². The van der Waals surface area contributed by atoms with Crippen LogP contribution in [0.2, 0.25) is 5.15 Å². The molecule has 1 unspecified atom stereocenters. The van der Waals surface area contributed by atoms with Crippen molar-refractivity contribution in [2.24, 2.45) is 5.92 Å². The number of nitrogens with zero attached hydrogens (tertiary/aromatic N) is 2. The first-order valence-corrected chi connectivity index (χ1v) is 7.09. The van der Waals surface area contributed by atoms with Crippen molar-refractivity contribution in [1.29, 1.82) is 0 Å². The highest BCUT2D eigenvalue weighted by Crippen LogP contribution is 2.33. The molecule has 3 heterocycles. The van der Waals surface area contributed by atoms with Gasteiger partial charge in [0.2, 0.25) is 0 Å². The van der Waals surface area contributed by atoms with E-state index in [2.05, 4.69) is 21.8 Å². The molecule has 1 atom stereocenters. The van der Waals surface area contributed by atoms with Crippen molar-refractivity contribution in [1.82, 2.24) is 14.9 Å². The van der Waals surface area contributed by atoms with E-state index >= 15 is 0 Å². The van der Waals surface area contributed by atoms with E-state index in [1.165, 1.54) is 30.8 Å². The van der Waals surface area contributed by atoms with Gasteiger partial charge in [-0.15, -0.1) is 0 Å². The molecule has 0 spiro atoms. The normalized spacial score (nSPS) is 25.9. The van der Waals surface area contributed by atoms with E-state index in [0.29, 0.717) is 5.92 Å². The third kappa shape index (κ3) is 2.11. The van der Waals surface area contributed by atoms with E-state index in [-0.39, 0.29) is 0 Å². The zero-order valence-electron chi connectivity index (χ0n) is 10.4. The Morgan fingerprint density at radius 1 is 1.29 bits per heavy atom. The molecular weight excluding hydrogens is 234 g/mol. The Balaban J connectivity index is 1.92. The highest BCUT2D eigenvalue weighted by molar-refractivity contribution is 6.30. The van der Waals surface area contributed by atoms with Crippen LogP contribution >= 0.6 is 11.6 Å². The van der Waals surface area contributed by atoms with Gasteiger partial charge in [0, 0.05) is 12.5 Å². The number of rotatable bonds is 1. The van der Waals surface area contributed by atoms with Gasteiger partial charge in [-0.05, 0) is 44.7 Å². The lowest BCUT2D eigenvalue weighted by atomic mass is 9.95. The topological polar surface area (TPSA) is 29.9 Å². The predicted octanol–water partition coefficient (Wildman–Crippen LogP) is 2.59. The van der Waals surface area contributed by atoms with Gasteiger partial charge in [-0.1, -0.05) is 18.5 Å². The Kier molecular flexibility index (Phi) is 3.14. The van der Waals surface area contributed by atoms with Crippen LogP contribution in [0.25, 0.3) is 0 Å². The number of hydrogen-bond donors (Lipinski definition) is 1. The van der Waals surface area contributed by atoms with Gasteiger partial charge in [-0.2, -0.15) is 0 Å². The second-order valence-corrected chi connectivity index (χ2v) is 5.84. The van der Waals surface area contributed by atoms with Crippen LogP contribution in [0.3, 0.4) is 0 Å². The van der Waals surface area contributed by atoms with Gasteiger partial charge in [0.15, 0.2) is 5.15 Å². The van der Waals surface area contributed by atoms with Gasteiger partial charge in [-0.3, -0.25) is 0 Å². The van der Waals surface area contributed by atoms with E-state index in [9.17, 15) is 0 Å². The fourth-order valence-corrected chi connectivity index (χ4v) is 3.36. The van der Waals surface area contributed by atoms with Crippen molar-refractivity contribution in [3.05, 3.63) is 16.7 Å². The summed E-state index contributed by atoms with van der Waals surface area (Å²) in [6.07, 6.45) is 4.75. The number of imidazole rings is 1. The third-order valence-corrected chi connectivity index (χ3v) is 4.45. The van der Waals surface area contributed by atoms with Gasteiger partial charge in [0.25, 0.3) is 0 Å². The van der Waals surface area contributed by atoms with Crippen LogP contribution in [0.1, 0.15) is 43.6 Å². The average Bonchev–Trinajstić information content (AvgIpc) is 2.68. The van der Waals surface area contributed by atoms with E-state index in [0.717, 1.165) is 37.1 Å². The molecule has 0 saturated carbocycles. The van der Waals surface area contributed by atoms with E-state index in [1.54, 1.807) is 0 Å². The van der Waals surface area contributed by atoms with Crippen LogP contribution in [0.4, 0.5) is 0 Å². The maximum atomic E-state index is 6.30. The lowest BCUT2D eigenvalue weighted by molar-refractivity contribution is 0.380. The van der Waals surface area contributed by atoms with Crippen molar-refractivity contribution in [3.8, 4) is 0 Å². The minimum absolute atomic E-state index is 0.607. The Morgan fingerprint density at radius 2 is 2.06 bits per heavy atom. The zero-order chi connectivity index (χ0) is 11.8. The SMILES string of the molecule is CC1CCn2c(C3CCNCC3)nc(Cl)c2C1. The predicted molar refractivity (Wildman–Crippen MR) is 69.6 cm³/mol. The van der Waals surface area contributed by atoms with E-state index in [4.69, 9.17) is 11.6 Å². The second kappa shape index (κ2) is 4.62. The second-order valence-electron chi connectivity index (χ2n) is 5.48. The molecule has 17 heavy (non-hydrogen) atoms. The summed E-state index contributed by atoms with van der Waals surface area (Å²) in [6, 6.07) is 0. The smallest absolute Gasteiger partial charge is 0.150 e. The summed E-state index contributed by atoms with van der Waals surface area (Å²) in [6.45, 7) is 5.63. The summed E-state index contributed by atoms with van der Waals surface area (Å²) >= 11 is 6.30. The van der Waals surface area contributed by atoms with Crippen LogP contribution in [-0.4, -0.2) is 22.6 Å². The van der Waals surface area contributed by atoms with Crippen molar-refractivity contribution < 1.29 is 0 Å². The van der Waals surface area contributed by atoms with Crippen molar-refractivity contribution in [2.45, 2.75) is 45.1 Å². The third-order valence-electron chi connectivity index (χ3n) is 4.14. The molecule has 1 fully saturated rings. The van der Waals surface area contributed by atoms with E-state index < -0.39 is 0 Å². The molecular formula is C13H20ClN3. The molecule has 0 bridgehead atoms. The fraction of sp³-hybridized carbons (Fsp3) is 0.769. The van der Waals surface area contributed by atoms with Gasteiger partial charge in [0.05, 0.1) is 5.69 Å². The number of piperidine rings is 1. The largest absolute Gasteiger partial charge is 0.330 e. The Bertz CT molecular complexity index is 407. The molecule has 0 aromatic carbocycles. The average molecular weight is 254 g/mol. The molecule has 1 aromatic rings. The summed E-state index contributed by atoms with van der Waals surface area (Å²) in [5.74, 6) is 2.60. The Morgan fingerprint density at radius 3 is 2.82 bits per heavy atom. The molecule has 3 rings (SSSR count). The summed E-state index contributed by atoms with van der Waals surface area (Å²) < 4.78 is 2.40. The van der Waals surface area contributed by atoms with Crippen LogP contribution in [0.5, 0.6) is 0 Å². The Labute approximate surface area is 108 Å². The van der Waals surface area contributed by atoms with E-state index in [1.807, 2.05) is 0 Å². The van der Waals surface area contributed by atoms with Crippen LogP contribution in [0, 0.1) is 5.92 Å². The number of fused-ring (bicyclic) bond motifs is 1. The highest BCUT2D eigenvalue weighted by atomic mass is 35.5. The standard InChI is InChI=1S/C13H20ClN3/c1-9-4-7-17-11(8-9)12(14)16-13(17)10-2-5-15-6-3-10/h9-10,15H,2-8H2,1H3. The molecule has 1 N–H and O–H groups in total. The first-order valence-electron chi connectivity index (χ1n) is 6.71. The molecule has 1 aromatic heterocycles. The van der Waals surface area contributed by atoms with Crippen LogP contribution < -0.4 is 5.32 Å². The van der Waals surface area contributed by atoms with Crippen molar-refractivity contribution in [2.75, 3.05) is 13.1 Å². The first-order chi connectivity index (χ1) is 8.25. The lowest BCUT2D eigenvalue weighted by Gasteiger charge is -2.26. The minimum atomic E-state index is 0.607. The molecule has 3 nitrogen and oxygen atoms in total. The maximum Gasteiger partial charge on any atom is 0.150 e. The summed E-state index contributed by atoms with van der Waals surface area (Å²) in [5.41, 5.74) is 1.28. The lowest BCUT2D eigenvalue weighted by Crippen LogP contribution is -2.29. The number of aromatic nitrogens is 2. The quantitative estimate of drug-likeness (QED) is 0.834. The number of nitrogens with one attached hydrogen (secondary N) is 1. The molecule has 1 saturated heterocycles. The molecule has 4 heteroatoms. The molecule has 0 amide bonds. The molecule has 2 aliphatic heterocycles. The fourth-order valence-electron chi connectivity index (χ4n) is 3.09. The van der Waals surface area contributed by atoms with Crippen LogP contribution in [-0.2, 0) is 13.0 Å². The monoisotopic (exact) mass is 253 g/mol. The summed E-state index contributed by atoms with van der Waals surface area (Å²) in [4.78, 5) is 4.65. The maximum absolute atomic E-state index is 6.30. The highest BCUT2D eigenvalue weighted by Gasteiger charge is 2.27. The van der Waals surface area contributed by atoms with Crippen molar-refractivity contribution in [3.63, 3.8) is 0 Å². The molecule has 0 radical (unpaired) electrons. The summed E-state index contributed by atoms with van der Waals surface area (Å²) in [5, 5.41) is 4.16. The van der Waals surface area contributed by atoms with Crippen molar-refractivity contribution >= 4 is 11.6 Å². The molecule has 94 valence electrons. The number of halogens is 1. The summed E-state index contributed by atoms with van der Waals surface area (Å²) in [7, 11) is 0. The zero-order valence-corrected chi connectivity index (χ0v) is 11.1. The van der Waals surface area contributed by atoms with Crippen LogP contribution in [0.15, 0.2) is 0 Å². The minimum Gasteiger partial charge on any atom is -0.330 e. The van der Waals surface area contributed by atoms with Gasteiger partial charge in [-0.25, -0.2) is 4.98 Å². The van der Waals surface area contributed by atoms with Gasteiger partial charge >= 0.3 is 0 Å². The molecule has 2 aliphatic rings.